The maximum absolute atomic E-state index is 13.1. The first-order valence-electron chi connectivity index (χ1n) is 9.76. The number of fused-ring (bicyclic) bond motifs is 1. The monoisotopic (exact) mass is 509 g/mol. The number of carboxylic acids is 1. The molecule has 0 radical (unpaired) electrons. The van der Waals surface area contributed by atoms with Crippen molar-refractivity contribution in [3.05, 3.63) is 47.2 Å². The molecule has 1 heterocycles. The van der Waals surface area contributed by atoms with Crippen LogP contribution in [-0.4, -0.2) is 33.3 Å². The van der Waals surface area contributed by atoms with Crippen LogP contribution in [0.25, 0.3) is 11.3 Å². The maximum Gasteiger partial charge on any atom is 0.416 e. The number of hydrogen-bond acceptors (Lipinski definition) is 6. The molecule has 1 aliphatic rings. The van der Waals surface area contributed by atoms with Gasteiger partial charge in [-0.05, 0) is 43.4 Å². The van der Waals surface area contributed by atoms with Crippen LogP contribution in [0.1, 0.15) is 49.1 Å². The molecule has 0 bridgehead atoms. The highest BCUT2D eigenvalue weighted by molar-refractivity contribution is 5.85. The van der Waals surface area contributed by atoms with E-state index in [1.807, 2.05) is 6.92 Å². The van der Waals surface area contributed by atoms with Crippen molar-refractivity contribution in [3.8, 4) is 11.3 Å². The Balaban J connectivity index is 0.00000272. The van der Waals surface area contributed by atoms with Crippen LogP contribution in [0.5, 0.6) is 0 Å². The summed E-state index contributed by atoms with van der Waals surface area (Å²) in [4.78, 5) is 23.0. The largest absolute Gasteiger partial charge is 0.481 e. The second-order valence-corrected chi connectivity index (χ2v) is 7.72. The third-order valence-corrected chi connectivity index (χ3v) is 5.13. The normalized spacial score (nSPS) is 18.2. The van der Waals surface area contributed by atoms with Crippen LogP contribution in [0.15, 0.2) is 30.3 Å². The fourth-order valence-electron chi connectivity index (χ4n) is 3.51. The van der Waals surface area contributed by atoms with Gasteiger partial charge in [0.1, 0.15) is 12.1 Å². The summed E-state index contributed by atoms with van der Waals surface area (Å²) in [5.74, 6) is -1.67. The smallest absolute Gasteiger partial charge is 0.416 e. The molecule has 3 atom stereocenters. The van der Waals surface area contributed by atoms with Gasteiger partial charge in [-0.3, -0.25) is 9.59 Å². The lowest BCUT2D eigenvalue weighted by Crippen LogP contribution is -2.35. The zero-order chi connectivity index (χ0) is 22.8. The zero-order valence-electron chi connectivity index (χ0n) is 17.5. The molecule has 182 valence electrons. The molecule has 0 fully saturated rings. The minimum Gasteiger partial charge on any atom is -0.481 e. The Hall–Kier alpha value is -2.43. The van der Waals surface area contributed by atoms with Crippen molar-refractivity contribution in [1.82, 2.24) is 10.2 Å². The lowest BCUT2D eigenvalue weighted by molar-refractivity contribution is -0.152. The van der Waals surface area contributed by atoms with Gasteiger partial charge in [0.25, 0.3) is 0 Å². The molecule has 2 aromatic rings. The summed E-state index contributed by atoms with van der Waals surface area (Å²) < 4.78 is 44.7. The Morgan fingerprint density at radius 2 is 1.94 bits per heavy atom. The van der Waals surface area contributed by atoms with Crippen molar-refractivity contribution in [3.63, 3.8) is 0 Å². The third-order valence-electron chi connectivity index (χ3n) is 5.13. The summed E-state index contributed by atoms with van der Waals surface area (Å²) in [6.45, 7) is 1.95. The van der Waals surface area contributed by atoms with Crippen LogP contribution in [-0.2, 0) is 26.9 Å². The first-order valence-corrected chi connectivity index (χ1v) is 9.76. The van der Waals surface area contributed by atoms with E-state index in [-0.39, 0.29) is 54.8 Å². The lowest BCUT2D eigenvalue weighted by Gasteiger charge is -2.29. The molecule has 7 nitrogen and oxygen atoms in total. The number of nitrogens with two attached hydrogens (primary N) is 1. The number of carbonyl (C=O) groups excluding carboxylic acids is 1. The number of hydrogen-bond donors (Lipinski definition) is 2. The van der Waals surface area contributed by atoms with Gasteiger partial charge in [0.05, 0.1) is 17.0 Å². The number of carbonyl (C=O) groups is 2. The van der Waals surface area contributed by atoms with Crippen molar-refractivity contribution in [2.45, 2.75) is 50.9 Å². The topological polar surface area (TPSA) is 115 Å². The Labute approximate surface area is 200 Å². The number of ether oxygens (including phenoxy) is 1. The van der Waals surface area contributed by atoms with E-state index in [0.29, 0.717) is 24.1 Å². The summed E-state index contributed by atoms with van der Waals surface area (Å²) in [6.07, 6.45) is -4.44. The highest BCUT2D eigenvalue weighted by Gasteiger charge is 2.32. The van der Waals surface area contributed by atoms with E-state index < -0.39 is 35.8 Å². The second-order valence-electron chi connectivity index (χ2n) is 7.72. The van der Waals surface area contributed by atoms with E-state index in [2.05, 4.69) is 10.2 Å². The first kappa shape index (κ1) is 28.6. The number of alkyl halides is 3. The van der Waals surface area contributed by atoms with Gasteiger partial charge >= 0.3 is 18.1 Å². The maximum atomic E-state index is 13.1. The minimum absolute atomic E-state index is 0. The molecule has 3 N–H and O–H groups in total. The summed E-state index contributed by atoms with van der Waals surface area (Å²) in [7, 11) is 0. The van der Waals surface area contributed by atoms with Gasteiger partial charge in [-0.25, -0.2) is 0 Å². The molecule has 33 heavy (non-hydrogen) atoms. The SMILES string of the molecule is CC1Cc2nnc(-c3cccc(C(F)(F)F)c3)cc2C(OC(=O)[C@@H](N)CCC(=O)O)C1.Cl.Cl. The highest BCUT2D eigenvalue weighted by Crippen LogP contribution is 2.37. The van der Waals surface area contributed by atoms with E-state index in [1.165, 1.54) is 12.1 Å². The summed E-state index contributed by atoms with van der Waals surface area (Å²) in [5.41, 5.74) is 6.59. The molecule has 0 saturated heterocycles. The quantitative estimate of drug-likeness (QED) is 0.555. The standard InChI is InChI=1S/C21H22F3N3O4.2ClH/c1-11-7-17-14(18(8-11)31-20(30)15(25)5-6-19(28)29)10-16(26-27-17)12-3-2-4-13(9-12)21(22,23)24;;/h2-4,9-11,15,18H,5-8,25H2,1H3,(H,28,29);2*1H/t11?,15-,18?;;/m0../s1. The molecule has 1 aromatic heterocycles. The van der Waals surface area contributed by atoms with Gasteiger partial charge in [-0.15, -0.1) is 24.8 Å². The molecule has 1 aliphatic carbocycles. The van der Waals surface area contributed by atoms with Crippen molar-refractivity contribution in [2.24, 2.45) is 11.7 Å². The Kier molecular flexibility index (Phi) is 10.1. The molecular weight excluding hydrogens is 486 g/mol. The highest BCUT2D eigenvalue weighted by atomic mass is 35.5. The van der Waals surface area contributed by atoms with Gasteiger partial charge in [-0.1, -0.05) is 19.1 Å². The van der Waals surface area contributed by atoms with E-state index in [0.717, 1.165) is 12.1 Å². The van der Waals surface area contributed by atoms with E-state index in [1.54, 1.807) is 6.07 Å². The van der Waals surface area contributed by atoms with E-state index in [9.17, 15) is 22.8 Å². The minimum atomic E-state index is -4.49. The van der Waals surface area contributed by atoms with E-state index >= 15 is 0 Å². The number of benzene rings is 1. The van der Waals surface area contributed by atoms with Gasteiger partial charge < -0.3 is 15.6 Å². The number of aliphatic carboxylic acids is 1. The van der Waals surface area contributed by atoms with Crippen molar-refractivity contribution < 1.29 is 32.6 Å². The number of halogens is 5. The van der Waals surface area contributed by atoms with Gasteiger partial charge in [0.2, 0.25) is 0 Å². The molecule has 1 aromatic carbocycles. The predicted molar refractivity (Wildman–Crippen MR) is 118 cm³/mol. The fourth-order valence-corrected chi connectivity index (χ4v) is 3.51. The van der Waals surface area contributed by atoms with Crippen LogP contribution in [0, 0.1) is 5.92 Å². The molecule has 12 heteroatoms. The molecule has 0 saturated carbocycles. The van der Waals surface area contributed by atoms with Crippen molar-refractivity contribution >= 4 is 36.8 Å². The number of esters is 1. The number of nitrogens with zero attached hydrogens (tertiary/aromatic N) is 2. The Morgan fingerprint density at radius 1 is 1.24 bits per heavy atom. The molecule has 3 rings (SSSR count). The predicted octanol–water partition coefficient (Wildman–Crippen LogP) is 4.36. The summed E-state index contributed by atoms with van der Waals surface area (Å²) >= 11 is 0. The summed E-state index contributed by atoms with van der Waals surface area (Å²) in [5, 5.41) is 17.0. The Morgan fingerprint density at radius 3 is 2.58 bits per heavy atom. The van der Waals surface area contributed by atoms with Gasteiger partial charge in [0.15, 0.2) is 0 Å². The average Bonchev–Trinajstić information content (AvgIpc) is 2.71. The van der Waals surface area contributed by atoms with Crippen molar-refractivity contribution in [1.29, 1.82) is 0 Å². The van der Waals surface area contributed by atoms with Crippen LogP contribution in [0.2, 0.25) is 0 Å². The Bertz CT molecular complexity index is 991. The van der Waals surface area contributed by atoms with Gasteiger partial charge in [0, 0.05) is 17.5 Å². The van der Waals surface area contributed by atoms with Gasteiger partial charge in [-0.2, -0.15) is 23.4 Å². The third kappa shape index (κ3) is 7.28. The first-order chi connectivity index (χ1) is 14.5. The van der Waals surface area contributed by atoms with E-state index in [4.69, 9.17) is 15.6 Å². The number of aromatic nitrogens is 2. The lowest BCUT2D eigenvalue weighted by atomic mass is 9.85. The van der Waals surface area contributed by atoms with Crippen LogP contribution >= 0.6 is 24.8 Å². The van der Waals surface area contributed by atoms with Crippen LogP contribution in [0.4, 0.5) is 13.2 Å². The summed E-state index contributed by atoms with van der Waals surface area (Å²) in [6, 6.07) is 5.25. The molecule has 2 unspecified atom stereocenters. The number of carboxylic acid groups (broad SMARTS) is 1. The number of rotatable bonds is 6. The molecule has 0 aliphatic heterocycles. The fraction of sp³-hybridized carbons (Fsp3) is 0.429. The molecule has 0 spiro atoms. The zero-order valence-corrected chi connectivity index (χ0v) is 19.2. The average molecular weight is 510 g/mol. The van der Waals surface area contributed by atoms with Crippen molar-refractivity contribution in [2.75, 3.05) is 0 Å². The molecule has 0 amide bonds. The second kappa shape index (κ2) is 11.6. The van der Waals surface area contributed by atoms with Crippen LogP contribution < -0.4 is 5.73 Å². The molecular formula is C21H24Cl2F3N3O4. The van der Waals surface area contributed by atoms with Crippen LogP contribution in [0.3, 0.4) is 0 Å².